The fourth-order valence-corrected chi connectivity index (χ4v) is 0.904. The van der Waals surface area contributed by atoms with Crippen molar-refractivity contribution < 1.29 is 29.0 Å². The van der Waals surface area contributed by atoms with Gasteiger partial charge in [0, 0.05) is 0 Å². The van der Waals surface area contributed by atoms with Crippen LogP contribution in [0.2, 0.25) is 0 Å². The van der Waals surface area contributed by atoms with Gasteiger partial charge in [-0.25, -0.2) is 9.59 Å². The summed E-state index contributed by atoms with van der Waals surface area (Å²) in [5, 5.41) is 8.91. The smallest absolute Gasteiger partial charge is 0.338 e. The van der Waals surface area contributed by atoms with Gasteiger partial charge in [0.25, 0.3) is 0 Å². The van der Waals surface area contributed by atoms with Crippen LogP contribution >= 0.6 is 0 Å². The van der Waals surface area contributed by atoms with E-state index in [0.717, 1.165) is 7.11 Å². The van der Waals surface area contributed by atoms with Gasteiger partial charge >= 0.3 is 17.9 Å². The molecular formula is C10H17NO6. The second kappa shape index (κ2) is 5.13. The number of nitrogens with two attached hydrogens (primary N) is 1. The van der Waals surface area contributed by atoms with Crippen LogP contribution in [-0.2, 0) is 23.9 Å². The first-order chi connectivity index (χ1) is 7.53. The predicted molar refractivity (Wildman–Crippen MR) is 57.0 cm³/mol. The molecule has 0 radical (unpaired) electrons. The van der Waals surface area contributed by atoms with Crippen LogP contribution in [0.3, 0.4) is 0 Å². The third kappa shape index (κ3) is 4.39. The van der Waals surface area contributed by atoms with E-state index in [0.29, 0.717) is 0 Å². The van der Waals surface area contributed by atoms with Gasteiger partial charge in [-0.1, -0.05) is 0 Å². The number of rotatable bonds is 4. The summed E-state index contributed by atoms with van der Waals surface area (Å²) in [6.45, 7) is 4.68. The average molecular weight is 247 g/mol. The molecule has 98 valence electrons. The zero-order chi connectivity index (χ0) is 13.9. The molecule has 0 saturated heterocycles. The lowest BCUT2D eigenvalue weighted by Crippen LogP contribution is -2.58. The second-order valence-electron chi connectivity index (χ2n) is 4.53. The molecule has 3 N–H and O–H groups in total. The normalized spacial score (nSPS) is 14.6. The van der Waals surface area contributed by atoms with Crippen molar-refractivity contribution in [3.63, 3.8) is 0 Å². The molecule has 17 heavy (non-hydrogen) atoms. The summed E-state index contributed by atoms with van der Waals surface area (Å²) in [7, 11) is 1.07. The minimum Gasteiger partial charge on any atom is -0.479 e. The monoisotopic (exact) mass is 247 g/mol. The Balaban J connectivity index is 5.02. The van der Waals surface area contributed by atoms with Gasteiger partial charge in [0.05, 0.1) is 13.5 Å². The Hall–Kier alpha value is -1.63. The Morgan fingerprint density at radius 2 is 1.71 bits per heavy atom. The van der Waals surface area contributed by atoms with E-state index in [4.69, 9.17) is 15.6 Å². The fourth-order valence-electron chi connectivity index (χ4n) is 0.904. The second-order valence-corrected chi connectivity index (χ2v) is 4.53. The molecule has 0 saturated carbocycles. The molecule has 1 atom stereocenters. The molecule has 0 aromatic heterocycles. The van der Waals surface area contributed by atoms with E-state index in [-0.39, 0.29) is 0 Å². The molecular weight excluding hydrogens is 230 g/mol. The first-order valence-corrected chi connectivity index (χ1v) is 4.85. The maximum absolute atomic E-state index is 11.6. The molecule has 0 aliphatic heterocycles. The van der Waals surface area contributed by atoms with Crippen LogP contribution in [0, 0.1) is 0 Å². The standard InChI is InChI=1S/C10H17NO6/c1-9(2,3)17-8(15)10(11,7(13)14)5-6(12)16-4/h5,11H2,1-4H3,(H,13,14)/t10-/m0/s1. The number of carbonyl (C=O) groups is 3. The lowest BCUT2D eigenvalue weighted by atomic mass is 9.96. The van der Waals surface area contributed by atoms with E-state index in [1.807, 2.05) is 0 Å². The number of ether oxygens (including phenoxy) is 2. The largest absolute Gasteiger partial charge is 0.479 e. The molecule has 0 amide bonds. The van der Waals surface area contributed by atoms with Crippen LogP contribution < -0.4 is 5.73 Å². The first kappa shape index (κ1) is 15.4. The molecule has 0 aliphatic rings. The van der Waals surface area contributed by atoms with E-state index in [9.17, 15) is 14.4 Å². The van der Waals surface area contributed by atoms with Crippen LogP contribution in [0.5, 0.6) is 0 Å². The fraction of sp³-hybridized carbons (Fsp3) is 0.700. The zero-order valence-electron chi connectivity index (χ0n) is 10.3. The summed E-state index contributed by atoms with van der Waals surface area (Å²) in [4.78, 5) is 33.6. The molecule has 0 aliphatic carbocycles. The summed E-state index contributed by atoms with van der Waals surface area (Å²) in [5.74, 6) is -3.72. The number of hydrogen-bond acceptors (Lipinski definition) is 6. The number of esters is 2. The molecule has 0 aromatic carbocycles. The molecule has 0 rings (SSSR count). The zero-order valence-corrected chi connectivity index (χ0v) is 10.3. The molecule has 7 heteroatoms. The third-order valence-electron chi connectivity index (χ3n) is 1.80. The van der Waals surface area contributed by atoms with Gasteiger partial charge in [-0.15, -0.1) is 0 Å². The SMILES string of the molecule is COC(=O)C[C@](N)(C(=O)O)C(=O)OC(C)(C)C. The van der Waals surface area contributed by atoms with Gasteiger partial charge in [-0.05, 0) is 20.8 Å². The maximum Gasteiger partial charge on any atom is 0.338 e. The van der Waals surface area contributed by atoms with Gasteiger partial charge in [0.1, 0.15) is 5.60 Å². The summed E-state index contributed by atoms with van der Waals surface area (Å²) in [6.07, 6.45) is -0.784. The highest BCUT2D eigenvalue weighted by molar-refractivity contribution is 6.06. The van der Waals surface area contributed by atoms with Crippen molar-refractivity contribution >= 4 is 17.9 Å². The minimum absolute atomic E-state index is 0.784. The Labute approximate surface area is 98.9 Å². The number of aliphatic carboxylic acids is 1. The van der Waals surface area contributed by atoms with Crippen LogP contribution in [0.1, 0.15) is 27.2 Å². The van der Waals surface area contributed by atoms with Crippen molar-refractivity contribution in [2.45, 2.75) is 38.3 Å². The number of hydrogen-bond donors (Lipinski definition) is 2. The number of carboxylic acids is 1. The van der Waals surface area contributed by atoms with Gasteiger partial charge in [0.2, 0.25) is 5.54 Å². The Kier molecular flexibility index (Phi) is 4.64. The van der Waals surface area contributed by atoms with Crippen molar-refractivity contribution in [2.75, 3.05) is 7.11 Å². The van der Waals surface area contributed by atoms with Crippen molar-refractivity contribution in [1.29, 1.82) is 0 Å². The average Bonchev–Trinajstić information content (AvgIpc) is 2.14. The van der Waals surface area contributed by atoms with Crippen LogP contribution in [0.15, 0.2) is 0 Å². The van der Waals surface area contributed by atoms with E-state index in [1.54, 1.807) is 20.8 Å². The topological polar surface area (TPSA) is 116 Å². The van der Waals surface area contributed by atoms with E-state index in [2.05, 4.69) is 4.74 Å². The van der Waals surface area contributed by atoms with Crippen LogP contribution in [0.4, 0.5) is 0 Å². The molecule has 0 unspecified atom stereocenters. The van der Waals surface area contributed by atoms with Gasteiger partial charge in [-0.2, -0.15) is 0 Å². The number of methoxy groups -OCH3 is 1. The van der Waals surface area contributed by atoms with Crippen molar-refractivity contribution in [1.82, 2.24) is 0 Å². The highest BCUT2D eigenvalue weighted by Gasteiger charge is 2.47. The first-order valence-electron chi connectivity index (χ1n) is 4.85. The minimum atomic E-state index is -2.43. The molecule has 0 spiro atoms. The van der Waals surface area contributed by atoms with Crippen LogP contribution in [0.25, 0.3) is 0 Å². The summed E-state index contributed by atoms with van der Waals surface area (Å²) in [5.41, 5.74) is 2.07. The van der Waals surface area contributed by atoms with Crippen molar-refractivity contribution in [3.05, 3.63) is 0 Å². The van der Waals surface area contributed by atoms with E-state index < -0.39 is 35.5 Å². The molecule has 0 aromatic rings. The molecule has 0 heterocycles. The quantitative estimate of drug-likeness (QED) is 0.516. The molecule has 0 bridgehead atoms. The van der Waals surface area contributed by atoms with Gasteiger partial charge in [-0.3, -0.25) is 4.79 Å². The number of carbonyl (C=O) groups excluding carboxylic acids is 2. The Morgan fingerprint density at radius 3 is 2.00 bits per heavy atom. The highest BCUT2D eigenvalue weighted by atomic mass is 16.6. The van der Waals surface area contributed by atoms with Crippen molar-refractivity contribution in [2.24, 2.45) is 5.73 Å². The van der Waals surface area contributed by atoms with E-state index >= 15 is 0 Å². The van der Waals surface area contributed by atoms with Crippen LogP contribution in [-0.4, -0.2) is 41.3 Å². The third-order valence-corrected chi connectivity index (χ3v) is 1.80. The predicted octanol–water partition coefficient (Wildman–Crippen LogP) is -0.327. The number of carboxylic acid groups (broad SMARTS) is 1. The lowest BCUT2D eigenvalue weighted by Gasteiger charge is -2.27. The summed E-state index contributed by atoms with van der Waals surface area (Å²) < 4.78 is 9.14. The van der Waals surface area contributed by atoms with E-state index in [1.165, 1.54) is 0 Å². The van der Waals surface area contributed by atoms with Crippen molar-refractivity contribution in [3.8, 4) is 0 Å². The maximum atomic E-state index is 11.6. The Morgan fingerprint density at radius 1 is 1.24 bits per heavy atom. The van der Waals surface area contributed by atoms with Gasteiger partial charge < -0.3 is 20.3 Å². The Bertz CT molecular complexity index is 332. The summed E-state index contributed by atoms with van der Waals surface area (Å²) >= 11 is 0. The summed E-state index contributed by atoms with van der Waals surface area (Å²) in [6, 6.07) is 0. The lowest BCUT2D eigenvalue weighted by molar-refractivity contribution is -0.172. The molecule has 7 nitrogen and oxygen atoms in total. The molecule has 0 fully saturated rings. The highest BCUT2D eigenvalue weighted by Crippen LogP contribution is 2.16. The van der Waals surface area contributed by atoms with Gasteiger partial charge in [0.15, 0.2) is 0 Å².